The molecule has 1 aliphatic rings. The molecule has 0 radical (unpaired) electrons. The maximum Gasteiger partial charge on any atom is 0.324 e. The summed E-state index contributed by atoms with van der Waals surface area (Å²) in [5.74, 6) is -1.23. The van der Waals surface area contributed by atoms with Gasteiger partial charge in [0, 0.05) is 6.54 Å². The average molecular weight is 398 g/mol. The van der Waals surface area contributed by atoms with Crippen LogP contribution < -0.4 is 0 Å². The van der Waals surface area contributed by atoms with Crippen molar-refractivity contribution in [2.24, 2.45) is 0 Å². The topological polar surface area (TPSA) is 63.7 Å². The van der Waals surface area contributed by atoms with E-state index in [1.54, 1.807) is 0 Å². The van der Waals surface area contributed by atoms with Gasteiger partial charge >= 0.3 is 5.97 Å². The van der Waals surface area contributed by atoms with Gasteiger partial charge in [0.2, 0.25) is 10.0 Å². The first kappa shape index (κ1) is 18.8. The van der Waals surface area contributed by atoms with Crippen LogP contribution in [0.2, 0.25) is 5.02 Å². The second kappa shape index (κ2) is 7.73. The molecule has 1 unspecified atom stereocenters. The fourth-order valence-electron chi connectivity index (χ4n) is 2.90. The minimum Gasteiger partial charge on any atom is -0.460 e. The molecule has 8 heteroatoms. The fraction of sp³-hybridized carbons (Fsp3) is 0.278. The van der Waals surface area contributed by atoms with E-state index in [1.165, 1.54) is 0 Å². The molecule has 0 N–H and O–H groups in total. The smallest absolute Gasteiger partial charge is 0.324 e. The predicted octanol–water partition coefficient (Wildman–Crippen LogP) is 3.38. The molecule has 0 aliphatic carbocycles. The van der Waals surface area contributed by atoms with E-state index in [1.807, 2.05) is 30.3 Å². The Morgan fingerprint density at radius 3 is 2.65 bits per heavy atom. The van der Waals surface area contributed by atoms with Crippen molar-refractivity contribution >= 4 is 27.6 Å². The second-order valence-corrected chi connectivity index (χ2v) is 8.21. The Kier molecular flexibility index (Phi) is 5.60. The minimum absolute atomic E-state index is 0.0708. The molecule has 138 valence electrons. The summed E-state index contributed by atoms with van der Waals surface area (Å²) in [7, 11) is -4.03. The number of halogens is 2. The van der Waals surface area contributed by atoms with Crippen molar-refractivity contribution in [2.75, 3.05) is 6.54 Å². The number of carbonyl (C=O) groups excluding carboxylic acids is 1. The lowest BCUT2D eigenvalue weighted by Gasteiger charge is -2.23. The van der Waals surface area contributed by atoms with Crippen molar-refractivity contribution in [2.45, 2.75) is 30.4 Å². The molecule has 0 amide bonds. The van der Waals surface area contributed by atoms with Crippen molar-refractivity contribution in [1.82, 2.24) is 4.31 Å². The minimum atomic E-state index is -4.03. The Morgan fingerprint density at radius 2 is 1.96 bits per heavy atom. The summed E-state index contributed by atoms with van der Waals surface area (Å²) in [5, 5.41) is -0.215. The summed E-state index contributed by atoms with van der Waals surface area (Å²) in [6.07, 6.45) is 0.898. The number of ether oxygens (including phenoxy) is 1. The van der Waals surface area contributed by atoms with E-state index in [4.69, 9.17) is 16.3 Å². The van der Waals surface area contributed by atoms with Crippen LogP contribution in [0.25, 0.3) is 0 Å². The highest BCUT2D eigenvalue weighted by atomic mass is 35.5. The highest BCUT2D eigenvalue weighted by molar-refractivity contribution is 7.89. The first-order chi connectivity index (χ1) is 12.4. The van der Waals surface area contributed by atoms with Crippen molar-refractivity contribution in [3.63, 3.8) is 0 Å². The van der Waals surface area contributed by atoms with Gasteiger partial charge in [-0.05, 0) is 36.6 Å². The summed E-state index contributed by atoms with van der Waals surface area (Å²) in [6, 6.07) is 11.3. The summed E-state index contributed by atoms with van der Waals surface area (Å²) >= 11 is 5.90. The average Bonchev–Trinajstić information content (AvgIpc) is 3.11. The van der Waals surface area contributed by atoms with Gasteiger partial charge in [0.15, 0.2) is 0 Å². The first-order valence-electron chi connectivity index (χ1n) is 8.07. The van der Waals surface area contributed by atoms with Gasteiger partial charge in [0.1, 0.15) is 23.4 Å². The number of esters is 1. The number of hydrogen-bond acceptors (Lipinski definition) is 4. The van der Waals surface area contributed by atoms with Gasteiger partial charge in [-0.2, -0.15) is 4.31 Å². The SMILES string of the molecule is O=C(OCc1ccccc1)C1CCCN1S(=O)(=O)c1ccc(F)cc1Cl. The van der Waals surface area contributed by atoms with E-state index in [0.29, 0.717) is 12.8 Å². The van der Waals surface area contributed by atoms with Gasteiger partial charge in [-0.15, -0.1) is 0 Å². The normalized spacial score (nSPS) is 18.0. The lowest BCUT2D eigenvalue weighted by molar-refractivity contribution is -0.148. The third-order valence-corrected chi connectivity index (χ3v) is 6.57. The van der Waals surface area contributed by atoms with Crippen LogP contribution in [0.3, 0.4) is 0 Å². The summed E-state index contributed by atoms with van der Waals surface area (Å²) < 4.78 is 45.3. The summed E-state index contributed by atoms with van der Waals surface area (Å²) in [4.78, 5) is 12.2. The van der Waals surface area contributed by atoms with Crippen molar-refractivity contribution in [1.29, 1.82) is 0 Å². The molecule has 2 aromatic carbocycles. The zero-order chi connectivity index (χ0) is 18.7. The van der Waals surface area contributed by atoms with Crippen LogP contribution in [0.1, 0.15) is 18.4 Å². The predicted molar refractivity (Wildman–Crippen MR) is 94.6 cm³/mol. The lowest BCUT2D eigenvalue weighted by atomic mass is 10.2. The highest BCUT2D eigenvalue weighted by Crippen LogP contribution is 2.31. The molecule has 3 rings (SSSR count). The molecule has 0 spiro atoms. The first-order valence-corrected chi connectivity index (χ1v) is 9.89. The monoisotopic (exact) mass is 397 g/mol. The third kappa shape index (κ3) is 3.90. The Balaban J connectivity index is 1.77. The molecule has 0 saturated carbocycles. The zero-order valence-electron chi connectivity index (χ0n) is 13.8. The van der Waals surface area contributed by atoms with Gasteiger partial charge < -0.3 is 4.74 Å². The molecule has 2 aromatic rings. The van der Waals surface area contributed by atoms with Gasteiger partial charge in [0.25, 0.3) is 0 Å². The van der Waals surface area contributed by atoms with Crippen LogP contribution in [0, 0.1) is 5.82 Å². The van der Waals surface area contributed by atoms with Crippen LogP contribution in [-0.2, 0) is 26.2 Å². The van der Waals surface area contributed by atoms with Crippen LogP contribution in [0.5, 0.6) is 0 Å². The molecule has 0 bridgehead atoms. The van der Waals surface area contributed by atoms with E-state index >= 15 is 0 Å². The standard InChI is InChI=1S/C18H17ClFNO4S/c19-15-11-14(20)8-9-17(15)26(23,24)21-10-4-7-16(21)18(22)25-12-13-5-2-1-3-6-13/h1-3,5-6,8-9,11,16H,4,7,10,12H2. The number of sulfonamides is 1. The second-order valence-electron chi connectivity index (χ2n) is 5.94. The summed E-state index contributed by atoms with van der Waals surface area (Å²) in [6.45, 7) is 0.252. The summed E-state index contributed by atoms with van der Waals surface area (Å²) in [5.41, 5.74) is 0.815. The van der Waals surface area contributed by atoms with Crippen molar-refractivity contribution in [3.05, 3.63) is 64.9 Å². The molecular weight excluding hydrogens is 381 g/mol. The van der Waals surface area contributed by atoms with Crippen LogP contribution >= 0.6 is 11.6 Å². The van der Waals surface area contributed by atoms with Crippen LogP contribution in [0.15, 0.2) is 53.4 Å². The van der Waals surface area contributed by atoms with E-state index < -0.39 is 27.9 Å². The Morgan fingerprint density at radius 1 is 1.23 bits per heavy atom. The lowest BCUT2D eigenvalue weighted by Crippen LogP contribution is -2.41. The molecule has 26 heavy (non-hydrogen) atoms. The van der Waals surface area contributed by atoms with Crippen molar-refractivity contribution < 1.29 is 22.3 Å². The molecule has 1 atom stereocenters. The van der Waals surface area contributed by atoms with Crippen LogP contribution in [0.4, 0.5) is 4.39 Å². The largest absolute Gasteiger partial charge is 0.460 e. The third-order valence-electron chi connectivity index (χ3n) is 4.18. The number of nitrogens with zero attached hydrogens (tertiary/aromatic N) is 1. The Hall–Kier alpha value is -1.96. The van der Waals surface area contributed by atoms with Gasteiger partial charge in [-0.1, -0.05) is 41.9 Å². The van der Waals surface area contributed by atoms with Crippen molar-refractivity contribution in [3.8, 4) is 0 Å². The van der Waals surface area contributed by atoms with Gasteiger partial charge in [0.05, 0.1) is 5.02 Å². The number of hydrogen-bond donors (Lipinski definition) is 0. The highest BCUT2D eigenvalue weighted by Gasteiger charge is 2.41. The number of carbonyl (C=O) groups is 1. The molecule has 5 nitrogen and oxygen atoms in total. The Labute approximate surface area is 156 Å². The van der Waals surface area contributed by atoms with Gasteiger partial charge in [-0.3, -0.25) is 4.79 Å². The molecule has 0 aromatic heterocycles. The number of rotatable bonds is 5. The zero-order valence-corrected chi connectivity index (χ0v) is 15.3. The van der Waals surface area contributed by atoms with Crippen LogP contribution in [-0.4, -0.2) is 31.3 Å². The van der Waals surface area contributed by atoms with E-state index in [0.717, 1.165) is 28.1 Å². The number of benzene rings is 2. The fourth-order valence-corrected chi connectivity index (χ4v) is 5.05. The maximum atomic E-state index is 13.2. The quantitative estimate of drug-likeness (QED) is 0.725. The molecule has 1 aliphatic heterocycles. The molecule has 1 fully saturated rings. The maximum absolute atomic E-state index is 13.2. The van der Waals surface area contributed by atoms with Gasteiger partial charge in [-0.25, -0.2) is 12.8 Å². The van der Waals surface area contributed by atoms with E-state index in [9.17, 15) is 17.6 Å². The van der Waals surface area contributed by atoms with E-state index in [-0.39, 0.29) is 23.1 Å². The van der Waals surface area contributed by atoms with E-state index in [2.05, 4.69) is 0 Å². The molecule has 1 heterocycles. The molecule has 1 saturated heterocycles. The Bertz CT molecular complexity index is 905. The molecular formula is C18H17ClFNO4S.